The fourth-order valence-electron chi connectivity index (χ4n) is 5.01. The van der Waals surface area contributed by atoms with Gasteiger partial charge < -0.3 is 0 Å². The van der Waals surface area contributed by atoms with Gasteiger partial charge in [0.05, 0.1) is 17.2 Å². The molecule has 1 aliphatic heterocycles. The van der Waals surface area contributed by atoms with Crippen LogP contribution in [0.15, 0.2) is 24.3 Å². The van der Waals surface area contributed by atoms with Gasteiger partial charge >= 0.3 is 0 Å². The summed E-state index contributed by atoms with van der Waals surface area (Å²) >= 11 is 0. The summed E-state index contributed by atoms with van der Waals surface area (Å²) in [7, 11) is 2.06. The minimum atomic E-state index is -0.142. The zero-order valence-electron chi connectivity index (χ0n) is 14.3. The van der Waals surface area contributed by atoms with Crippen molar-refractivity contribution in [2.24, 2.45) is 11.8 Å². The zero-order valence-corrected chi connectivity index (χ0v) is 14.3. The molecular weight excluding hydrogens is 272 g/mol. The summed E-state index contributed by atoms with van der Waals surface area (Å²) in [6.07, 6.45) is 2.16. The summed E-state index contributed by atoms with van der Waals surface area (Å²) in [5, 5.41) is 11.6. The van der Waals surface area contributed by atoms with Crippen molar-refractivity contribution in [1.29, 1.82) is 5.26 Å². The molecule has 1 heterocycles. The maximum absolute atomic E-state index is 9.48. The van der Waals surface area contributed by atoms with Crippen molar-refractivity contribution in [3.63, 3.8) is 0 Å². The Hall–Kier alpha value is -1.37. The highest BCUT2D eigenvalue weighted by molar-refractivity contribution is 5.42. The van der Waals surface area contributed by atoms with Crippen LogP contribution in [0.3, 0.4) is 0 Å². The van der Waals surface area contributed by atoms with Gasteiger partial charge in [-0.3, -0.25) is 4.84 Å². The largest absolute Gasteiger partial charge is 0.293 e. The molecule has 1 aromatic rings. The standard InChI is InChI=1S/C19H26N2O/c1-13-10-19(4,15-9-7-6-8-14(15)12-20)11-16-17(13)21(5)22-18(16,2)3/h6-9,13,16-17H,10-11H2,1-5H3/t13-,16+,17+,19+/m1/s1. The number of rotatable bonds is 1. The lowest BCUT2D eigenvalue weighted by atomic mass is 9.58. The van der Waals surface area contributed by atoms with Crippen molar-refractivity contribution in [3.8, 4) is 6.07 Å². The SMILES string of the molecule is C[C@@H]1C[C@](C)(c2ccccc2C#N)C[C@H]2[C@H]1N(C)OC2(C)C. The topological polar surface area (TPSA) is 36.3 Å². The van der Waals surface area contributed by atoms with Gasteiger partial charge in [-0.25, -0.2) is 0 Å². The molecule has 0 spiro atoms. The Morgan fingerprint density at radius 2 is 1.91 bits per heavy atom. The highest BCUT2D eigenvalue weighted by atomic mass is 16.7. The Balaban J connectivity index is 2.02. The molecule has 4 atom stereocenters. The quantitative estimate of drug-likeness (QED) is 0.789. The molecule has 1 saturated heterocycles. The first kappa shape index (κ1) is 15.5. The first-order valence-electron chi connectivity index (χ1n) is 8.20. The number of hydroxylamine groups is 2. The average molecular weight is 298 g/mol. The minimum absolute atomic E-state index is 0.0404. The van der Waals surface area contributed by atoms with E-state index in [2.05, 4.69) is 58.0 Å². The van der Waals surface area contributed by atoms with Gasteiger partial charge in [0.2, 0.25) is 0 Å². The van der Waals surface area contributed by atoms with Crippen molar-refractivity contribution < 1.29 is 4.84 Å². The molecule has 0 N–H and O–H groups in total. The van der Waals surface area contributed by atoms with E-state index in [1.54, 1.807) is 0 Å². The lowest BCUT2D eigenvalue weighted by molar-refractivity contribution is -0.182. The Bertz CT molecular complexity index is 618. The highest BCUT2D eigenvalue weighted by Crippen LogP contribution is 2.53. The molecule has 0 aromatic heterocycles. The molecule has 118 valence electrons. The first-order chi connectivity index (χ1) is 10.3. The second-order valence-electron chi connectivity index (χ2n) is 7.94. The Labute approximate surface area is 133 Å². The lowest BCUT2D eigenvalue weighted by Gasteiger charge is -2.46. The molecule has 3 heteroatoms. The molecular formula is C19H26N2O. The van der Waals surface area contributed by atoms with Crippen LogP contribution in [0, 0.1) is 23.2 Å². The van der Waals surface area contributed by atoms with E-state index in [1.807, 2.05) is 12.1 Å². The number of fused-ring (bicyclic) bond motifs is 1. The van der Waals surface area contributed by atoms with E-state index >= 15 is 0 Å². The third-order valence-electron chi connectivity index (χ3n) is 5.83. The van der Waals surface area contributed by atoms with Crippen LogP contribution < -0.4 is 0 Å². The predicted octanol–water partition coefficient (Wildman–Crippen LogP) is 3.89. The molecule has 2 aliphatic rings. The van der Waals surface area contributed by atoms with E-state index in [0.29, 0.717) is 17.9 Å². The van der Waals surface area contributed by atoms with E-state index in [4.69, 9.17) is 4.84 Å². The van der Waals surface area contributed by atoms with Crippen LogP contribution in [-0.2, 0) is 10.3 Å². The van der Waals surface area contributed by atoms with Gasteiger partial charge in [0, 0.05) is 19.0 Å². The second-order valence-corrected chi connectivity index (χ2v) is 7.94. The second kappa shape index (κ2) is 5.08. The summed E-state index contributed by atoms with van der Waals surface area (Å²) in [5.41, 5.74) is 1.92. The normalized spacial score (nSPS) is 37.5. The minimum Gasteiger partial charge on any atom is -0.293 e. The molecule has 0 unspecified atom stereocenters. The lowest BCUT2D eigenvalue weighted by Crippen LogP contribution is -2.48. The van der Waals surface area contributed by atoms with Crippen molar-refractivity contribution in [2.75, 3.05) is 7.05 Å². The van der Waals surface area contributed by atoms with Gasteiger partial charge in [-0.1, -0.05) is 32.0 Å². The van der Waals surface area contributed by atoms with E-state index in [-0.39, 0.29) is 11.0 Å². The fraction of sp³-hybridized carbons (Fsp3) is 0.632. The molecule has 0 radical (unpaired) electrons. The van der Waals surface area contributed by atoms with E-state index in [1.165, 1.54) is 5.56 Å². The van der Waals surface area contributed by atoms with Gasteiger partial charge in [0.15, 0.2) is 0 Å². The summed E-state index contributed by atoms with van der Waals surface area (Å²) in [6.45, 7) is 9.04. The zero-order chi connectivity index (χ0) is 16.1. The van der Waals surface area contributed by atoms with Crippen LogP contribution in [0.1, 0.15) is 51.7 Å². The molecule has 0 bridgehead atoms. The maximum Gasteiger partial charge on any atom is 0.0994 e. The predicted molar refractivity (Wildman–Crippen MR) is 87.1 cm³/mol. The number of hydrogen-bond acceptors (Lipinski definition) is 3. The molecule has 2 fully saturated rings. The van der Waals surface area contributed by atoms with Gasteiger partial charge in [-0.2, -0.15) is 10.3 Å². The average Bonchev–Trinajstić information content (AvgIpc) is 2.68. The van der Waals surface area contributed by atoms with Gasteiger partial charge in [0.1, 0.15) is 0 Å². The van der Waals surface area contributed by atoms with Crippen molar-refractivity contribution in [3.05, 3.63) is 35.4 Å². The van der Waals surface area contributed by atoms with Crippen LogP contribution >= 0.6 is 0 Å². The molecule has 3 nitrogen and oxygen atoms in total. The van der Waals surface area contributed by atoms with Crippen molar-refractivity contribution in [1.82, 2.24) is 5.06 Å². The molecule has 1 aliphatic carbocycles. The van der Waals surface area contributed by atoms with Crippen molar-refractivity contribution >= 4 is 0 Å². The van der Waals surface area contributed by atoms with Gasteiger partial charge in [-0.05, 0) is 49.7 Å². The number of hydrogen-bond donors (Lipinski definition) is 0. The van der Waals surface area contributed by atoms with Crippen LogP contribution in [0.5, 0.6) is 0 Å². The highest BCUT2D eigenvalue weighted by Gasteiger charge is 2.55. The Kier molecular flexibility index (Phi) is 3.58. The Morgan fingerprint density at radius 3 is 2.59 bits per heavy atom. The number of nitriles is 1. The van der Waals surface area contributed by atoms with Crippen LogP contribution in [0.2, 0.25) is 0 Å². The molecule has 3 rings (SSSR count). The van der Waals surface area contributed by atoms with Crippen LogP contribution in [0.25, 0.3) is 0 Å². The Morgan fingerprint density at radius 1 is 1.23 bits per heavy atom. The molecule has 1 aromatic carbocycles. The van der Waals surface area contributed by atoms with E-state index in [0.717, 1.165) is 18.4 Å². The third kappa shape index (κ3) is 2.26. The smallest absolute Gasteiger partial charge is 0.0994 e. The summed E-state index contributed by atoms with van der Waals surface area (Å²) in [6, 6.07) is 10.9. The third-order valence-corrected chi connectivity index (χ3v) is 5.83. The summed E-state index contributed by atoms with van der Waals surface area (Å²) in [4.78, 5) is 6.12. The maximum atomic E-state index is 9.48. The number of benzene rings is 1. The molecule has 0 amide bonds. The van der Waals surface area contributed by atoms with Gasteiger partial charge in [0.25, 0.3) is 0 Å². The van der Waals surface area contributed by atoms with Crippen LogP contribution in [-0.4, -0.2) is 23.8 Å². The fourth-order valence-corrected chi connectivity index (χ4v) is 5.01. The summed E-state index contributed by atoms with van der Waals surface area (Å²) in [5.74, 6) is 1.03. The monoisotopic (exact) mass is 298 g/mol. The van der Waals surface area contributed by atoms with E-state index in [9.17, 15) is 5.26 Å². The first-order valence-corrected chi connectivity index (χ1v) is 8.20. The van der Waals surface area contributed by atoms with Crippen molar-refractivity contribution in [2.45, 2.75) is 57.6 Å². The van der Waals surface area contributed by atoms with E-state index < -0.39 is 0 Å². The number of nitrogens with zero attached hydrogens (tertiary/aromatic N) is 2. The summed E-state index contributed by atoms with van der Waals surface area (Å²) < 4.78 is 0. The molecule has 22 heavy (non-hydrogen) atoms. The van der Waals surface area contributed by atoms with Gasteiger partial charge in [-0.15, -0.1) is 0 Å². The van der Waals surface area contributed by atoms with Crippen LogP contribution in [0.4, 0.5) is 0 Å². The molecule has 1 saturated carbocycles.